The van der Waals surface area contributed by atoms with Crippen LogP contribution in [0.4, 0.5) is 11.4 Å². The standard InChI is InChI=1S/C28H34ClN7O/c1-35(2)15-17-9-12-36(16-17)20-4-6-23-24(14-20)33-27(32-23)25-26(31-19-7-10-30-11-8-19)21-13-18(29)3-5-22(21)34-28(25)37/h3-6,13-14,17,19,30H,7-12,15-16H2,1-2H3,(H,32,33)(H2,31,34,37). The van der Waals surface area contributed by atoms with E-state index in [-0.39, 0.29) is 11.6 Å². The SMILES string of the molecule is CN(C)CC1CCN(c2ccc3nc(-c4c(NC5CCNCC5)c5cc(Cl)ccc5[nH]c4=O)[nH]c3c2)C1. The molecule has 2 aliphatic rings. The van der Waals surface area contributed by atoms with Crippen molar-refractivity contribution in [2.45, 2.75) is 25.3 Å². The summed E-state index contributed by atoms with van der Waals surface area (Å²) in [5.41, 5.74) is 4.88. The number of hydrogen-bond donors (Lipinski definition) is 4. The summed E-state index contributed by atoms with van der Waals surface area (Å²) in [5.74, 6) is 1.24. The molecule has 0 amide bonds. The minimum absolute atomic E-state index is 0.170. The Kier molecular flexibility index (Phi) is 6.56. The number of pyridine rings is 1. The molecule has 2 aliphatic heterocycles. The average molecular weight is 520 g/mol. The molecule has 1 atom stereocenters. The molecule has 0 spiro atoms. The molecule has 8 nitrogen and oxygen atoms in total. The highest BCUT2D eigenvalue weighted by molar-refractivity contribution is 6.31. The number of halogens is 1. The second-order valence-electron chi connectivity index (χ2n) is 10.7. The molecule has 0 saturated carbocycles. The maximum atomic E-state index is 13.4. The zero-order valence-corrected chi connectivity index (χ0v) is 22.2. The Morgan fingerprint density at radius 1 is 1.08 bits per heavy atom. The molecule has 2 fully saturated rings. The molecule has 0 bridgehead atoms. The van der Waals surface area contributed by atoms with E-state index in [9.17, 15) is 4.79 Å². The zero-order chi connectivity index (χ0) is 25.5. The van der Waals surface area contributed by atoms with Crippen LogP contribution < -0.4 is 21.1 Å². The first kappa shape index (κ1) is 24.3. The van der Waals surface area contributed by atoms with Crippen molar-refractivity contribution in [2.24, 2.45) is 5.92 Å². The van der Waals surface area contributed by atoms with Crippen LogP contribution in [0.2, 0.25) is 5.02 Å². The van der Waals surface area contributed by atoms with Gasteiger partial charge in [0.1, 0.15) is 11.4 Å². The molecule has 4 N–H and O–H groups in total. The number of benzene rings is 2. The molecule has 4 heterocycles. The van der Waals surface area contributed by atoms with E-state index in [0.29, 0.717) is 22.3 Å². The Hall–Kier alpha value is -3.07. The predicted molar refractivity (Wildman–Crippen MR) is 153 cm³/mol. The third kappa shape index (κ3) is 4.93. The van der Waals surface area contributed by atoms with Gasteiger partial charge in [-0.1, -0.05) is 11.6 Å². The Balaban J connectivity index is 1.40. The monoisotopic (exact) mass is 519 g/mol. The minimum Gasteiger partial charge on any atom is -0.381 e. The number of anilines is 2. The van der Waals surface area contributed by atoms with Crippen LogP contribution in [0.3, 0.4) is 0 Å². The van der Waals surface area contributed by atoms with Gasteiger partial charge >= 0.3 is 0 Å². The Bertz CT molecular complexity index is 1490. The number of nitrogens with one attached hydrogen (secondary N) is 4. The van der Waals surface area contributed by atoms with Crippen LogP contribution in [-0.2, 0) is 0 Å². The first-order chi connectivity index (χ1) is 17.9. The van der Waals surface area contributed by atoms with Crippen LogP contribution in [0, 0.1) is 5.92 Å². The lowest BCUT2D eigenvalue weighted by Gasteiger charge is -2.26. The van der Waals surface area contributed by atoms with Crippen LogP contribution >= 0.6 is 11.6 Å². The smallest absolute Gasteiger partial charge is 0.261 e. The fraction of sp³-hybridized carbons (Fsp3) is 0.429. The van der Waals surface area contributed by atoms with Gasteiger partial charge in [0.05, 0.1) is 22.2 Å². The lowest BCUT2D eigenvalue weighted by molar-refractivity contribution is 0.340. The summed E-state index contributed by atoms with van der Waals surface area (Å²) in [6.45, 7) is 5.12. The van der Waals surface area contributed by atoms with Crippen LogP contribution in [0.25, 0.3) is 33.3 Å². The van der Waals surface area contributed by atoms with E-state index >= 15 is 0 Å². The number of H-pyrrole nitrogens is 2. The van der Waals surface area contributed by atoms with Crippen LogP contribution in [-0.4, -0.2) is 72.7 Å². The van der Waals surface area contributed by atoms with Gasteiger partial charge in [-0.2, -0.15) is 0 Å². The number of piperidine rings is 1. The van der Waals surface area contributed by atoms with Crippen molar-refractivity contribution in [3.63, 3.8) is 0 Å². The summed E-state index contributed by atoms with van der Waals surface area (Å²) in [6.07, 6.45) is 3.18. The molecule has 2 aromatic carbocycles. The molecule has 2 saturated heterocycles. The Morgan fingerprint density at radius 2 is 1.92 bits per heavy atom. The van der Waals surface area contributed by atoms with Crippen LogP contribution in [0.1, 0.15) is 19.3 Å². The third-order valence-corrected chi connectivity index (χ3v) is 7.88. The van der Waals surface area contributed by atoms with Crippen molar-refractivity contribution in [3.05, 3.63) is 51.8 Å². The molecule has 9 heteroatoms. The van der Waals surface area contributed by atoms with Crippen molar-refractivity contribution >= 4 is 44.9 Å². The highest BCUT2D eigenvalue weighted by Gasteiger charge is 2.25. The summed E-state index contributed by atoms with van der Waals surface area (Å²) in [5, 5.41) is 8.62. The van der Waals surface area contributed by atoms with Gasteiger partial charge in [0.2, 0.25) is 0 Å². The topological polar surface area (TPSA) is 92.1 Å². The van der Waals surface area contributed by atoms with Crippen molar-refractivity contribution in [2.75, 3.05) is 57.0 Å². The van der Waals surface area contributed by atoms with Crippen molar-refractivity contribution in [1.82, 2.24) is 25.2 Å². The predicted octanol–water partition coefficient (Wildman–Crippen LogP) is 4.28. The molecule has 1 unspecified atom stereocenters. The molecule has 4 aromatic rings. The minimum atomic E-state index is -0.170. The fourth-order valence-electron chi connectivity index (χ4n) is 5.86. The van der Waals surface area contributed by atoms with Gasteiger partial charge in [-0.15, -0.1) is 0 Å². The zero-order valence-electron chi connectivity index (χ0n) is 21.4. The summed E-state index contributed by atoms with van der Waals surface area (Å²) < 4.78 is 0. The van der Waals surface area contributed by atoms with Gasteiger partial charge in [-0.05, 0) is 88.8 Å². The van der Waals surface area contributed by atoms with Gasteiger partial charge in [-0.3, -0.25) is 4.79 Å². The number of rotatable bonds is 6. The molecule has 0 aliphatic carbocycles. The van der Waals surface area contributed by atoms with E-state index in [1.165, 1.54) is 12.1 Å². The second-order valence-corrected chi connectivity index (χ2v) is 11.1. The van der Waals surface area contributed by atoms with Gasteiger partial charge in [0.15, 0.2) is 0 Å². The summed E-state index contributed by atoms with van der Waals surface area (Å²) in [6, 6.07) is 12.2. The number of aromatic nitrogens is 3. The lowest BCUT2D eigenvalue weighted by atomic mass is 10.0. The molecule has 37 heavy (non-hydrogen) atoms. The largest absolute Gasteiger partial charge is 0.381 e. The normalized spacial score (nSPS) is 18.9. The van der Waals surface area contributed by atoms with E-state index in [0.717, 1.165) is 73.2 Å². The van der Waals surface area contributed by atoms with Crippen molar-refractivity contribution in [3.8, 4) is 11.4 Å². The molecule has 194 valence electrons. The second kappa shape index (κ2) is 10.0. The van der Waals surface area contributed by atoms with Gasteiger partial charge in [0, 0.05) is 41.8 Å². The maximum Gasteiger partial charge on any atom is 0.261 e. The first-order valence-electron chi connectivity index (χ1n) is 13.2. The molecule has 6 rings (SSSR count). The Morgan fingerprint density at radius 3 is 2.73 bits per heavy atom. The number of fused-ring (bicyclic) bond motifs is 2. The van der Waals surface area contributed by atoms with Gasteiger partial charge in [0.25, 0.3) is 5.56 Å². The number of nitrogens with zero attached hydrogens (tertiary/aromatic N) is 3. The Labute approximate surface area is 221 Å². The van der Waals surface area contributed by atoms with Crippen LogP contribution in [0.5, 0.6) is 0 Å². The molecule has 2 aromatic heterocycles. The highest BCUT2D eigenvalue weighted by atomic mass is 35.5. The van der Waals surface area contributed by atoms with E-state index < -0.39 is 0 Å². The van der Waals surface area contributed by atoms with E-state index in [1.807, 2.05) is 12.1 Å². The first-order valence-corrected chi connectivity index (χ1v) is 13.5. The average Bonchev–Trinajstić information content (AvgIpc) is 3.51. The van der Waals surface area contributed by atoms with Crippen molar-refractivity contribution in [1.29, 1.82) is 0 Å². The maximum absolute atomic E-state index is 13.4. The van der Waals surface area contributed by atoms with Gasteiger partial charge in [-0.25, -0.2) is 4.98 Å². The van der Waals surface area contributed by atoms with E-state index in [2.05, 4.69) is 62.7 Å². The number of aromatic amines is 2. The van der Waals surface area contributed by atoms with Crippen molar-refractivity contribution < 1.29 is 0 Å². The van der Waals surface area contributed by atoms with Gasteiger partial charge < -0.3 is 30.4 Å². The fourth-order valence-corrected chi connectivity index (χ4v) is 6.03. The quantitative estimate of drug-likeness (QED) is 0.304. The molecule has 0 radical (unpaired) electrons. The summed E-state index contributed by atoms with van der Waals surface area (Å²) in [7, 11) is 4.27. The number of hydrogen-bond acceptors (Lipinski definition) is 6. The van der Waals surface area contributed by atoms with E-state index in [4.69, 9.17) is 16.6 Å². The van der Waals surface area contributed by atoms with Crippen LogP contribution in [0.15, 0.2) is 41.2 Å². The molecular formula is C28H34ClN7O. The third-order valence-electron chi connectivity index (χ3n) is 7.64. The summed E-state index contributed by atoms with van der Waals surface area (Å²) in [4.78, 5) is 29.5. The lowest BCUT2D eigenvalue weighted by Crippen LogP contribution is -2.35. The number of imidazole rings is 1. The molecular weight excluding hydrogens is 486 g/mol. The summed E-state index contributed by atoms with van der Waals surface area (Å²) >= 11 is 6.39. The van der Waals surface area contributed by atoms with E-state index in [1.54, 1.807) is 6.07 Å². The highest BCUT2D eigenvalue weighted by Crippen LogP contribution is 2.34.